The molecule has 0 aliphatic carbocycles. The molecule has 2 heterocycles. The van der Waals surface area contributed by atoms with E-state index < -0.39 is 0 Å². The molecule has 8 nitrogen and oxygen atoms in total. The molecule has 3 aromatic carbocycles. The lowest BCUT2D eigenvalue weighted by Gasteiger charge is -2.29. The van der Waals surface area contributed by atoms with Crippen LogP contribution in [0.5, 0.6) is 5.75 Å². The van der Waals surface area contributed by atoms with Gasteiger partial charge in [0.05, 0.1) is 29.7 Å². The third-order valence-electron chi connectivity index (χ3n) is 6.81. The zero-order valence-corrected chi connectivity index (χ0v) is 25.0. The first-order valence-electron chi connectivity index (χ1n) is 13.7. The summed E-state index contributed by atoms with van der Waals surface area (Å²) in [5.41, 5.74) is 3.74. The molecule has 0 radical (unpaired) electrons. The first-order chi connectivity index (χ1) is 19.9. The molecule has 214 valence electrons. The van der Waals surface area contributed by atoms with Crippen molar-refractivity contribution in [3.63, 3.8) is 0 Å². The fourth-order valence-electron chi connectivity index (χ4n) is 4.62. The van der Waals surface area contributed by atoms with E-state index in [2.05, 4.69) is 46.4 Å². The minimum absolute atomic E-state index is 0.152. The SMILES string of the molecule is CC(C)c1ccc(OC(C)c2nnc(SCC(=O)Nc3ccc(N4CCOCC4)c(Cl)c3)n2-c2ccccc2)cc1. The van der Waals surface area contributed by atoms with Gasteiger partial charge in [0.1, 0.15) is 5.75 Å². The molecular weight excluding hydrogens is 558 g/mol. The largest absolute Gasteiger partial charge is 0.483 e. The molecule has 1 aromatic heterocycles. The second kappa shape index (κ2) is 13.4. The maximum absolute atomic E-state index is 12.9. The van der Waals surface area contributed by atoms with Gasteiger partial charge < -0.3 is 19.7 Å². The fraction of sp³-hybridized carbons (Fsp3) is 0.323. The Labute approximate surface area is 250 Å². The van der Waals surface area contributed by atoms with Gasteiger partial charge >= 0.3 is 0 Å². The number of rotatable bonds is 10. The summed E-state index contributed by atoms with van der Waals surface area (Å²) in [7, 11) is 0. The van der Waals surface area contributed by atoms with Crippen molar-refractivity contribution in [2.75, 3.05) is 42.3 Å². The van der Waals surface area contributed by atoms with Crippen LogP contribution in [0.2, 0.25) is 5.02 Å². The second-order valence-electron chi connectivity index (χ2n) is 10.1. The van der Waals surface area contributed by atoms with E-state index in [0.717, 1.165) is 30.2 Å². The zero-order chi connectivity index (χ0) is 28.8. The van der Waals surface area contributed by atoms with Crippen LogP contribution in [0.4, 0.5) is 11.4 Å². The van der Waals surface area contributed by atoms with Gasteiger partial charge in [0.25, 0.3) is 0 Å². The quantitative estimate of drug-likeness (QED) is 0.204. The molecule has 10 heteroatoms. The summed E-state index contributed by atoms with van der Waals surface area (Å²) < 4.78 is 13.6. The average molecular weight is 592 g/mol. The van der Waals surface area contributed by atoms with Crippen molar-refractivity contribution in [2.24, 2.45) is 0 Å². The molecule has 1 saturated heterocycles. The van der Waals surface area contributed by atoms with Crippen LogP contribution >= 0.6 is 23.4 Å². The summed E-state index contributed by atoms with van der Waals surface area (Å²) in [6.07, 6.45) is -0.372. The number of halogens is 1. The number of benzene rings is 3. The van der Waals surface area contributed by atoms with Gasteiger partial charge in [-0.1, -0.05) is 67.5 Å². The Morgan fingerprint density at radius 3 is 2.44 bits per heavy atom. The van der Waals surface area contributed by atoms with Crippen LogP contribution in [0.1, 0.15) is 44.2 Å². The molecule has 41 heavy (non-hydrogen) atoms. The van der Waals surface area contributed by atoms with E-state index in [9.17, 15) is 4.79 Å². The Hall–Kier alpha value is -3.53. The summed E-state index contributed by atoms with van der Waals surface area (Å²) >= 11 is 7.86. The molecule has 1 amide bonds. The number of hydrogen-bond donors (Lipinski definition) is 1. The summed E-state index contributed by atoms with van der Waals surface area (Å²) in [4.78, 5) is 15.1. The number of carbonyl (C=O) groups is 1. The Morgan fingerprint density at radius 1 is 1.02 bits per heavy atom. The number of para-hydroxylation sites is 1. The van der Waals surface area contributed by atoms with E-state index in [-0.39, 0.29) is 17.8 Å². The molecule has 5 rings (SSSR count). The van der Waals surface area contributed by atoms with Crippen LogP contribution in [0.15, 0.2) is 78.0 Å². The smallest absolute Gasteiger partial charge is 0.234 e. The van der Waals surface area contributed by atoms with Crippen LogP contribution in [0, 0.1) is 0 Å². The highest BCUT2D eigenvalue weighted by atomic mass is 35.5. The number of anilines is 2. The average Bonchev–Trinajstić information content (AvgIpc) is 3.42. The number of ether oxygens (including phenoxy) is 2. The Bertz CT molecular complexity index is 1460. The summed E-state index contributed by atoms with van der Waals surface area (Å²) in [6.45, 7) is 9.22. The lowest BCUT2D eigenvalue weighted by Crippen LogP contribution is -2.36. The summed E-state index contributed by atoms with van der Waals surface area (Å²) in [5.74, 6) is 1.85. The number of nitrogens with zero attached hydrogens (tertiary/aromatic N) is 4. The Morgan fingerprint density at radius 2 is 1.76 bits per heavy atom. The van der Waals surface area contributed by atoms with E-state index in [1.807, 2.05) is 66.1 Å². The first-order valence-corrected chi connectivity index (χ1v) is 15.1. The number of nitrogens with one attached hydrogen (secondary N) is 1. The summed E-state index contributed by atoms with van der Waals surface area (Å²) in [6, 6.07) is 23.6. The molecule has 1 unspecified atom stereocenters. The van der Waals surface area contributed by atoms with Crippen LogP contribution in [0.25, 0.3) is 5.69 Å². The molecule has 1 fully saturated rings. The van der Waals surface area contributed by atoms with Gasteiger partial charge in [-0.25, -0.2) is 0 Å². The van der Waals surface area contributed by atoms with E-state index in [1.165, 1.54) is 17.3 Å². The van der Waals surface area contributed by atoms with Crippen molar-refractivity contribution in [3.8, 4) is 11.4 Å². The van der Waals surface area contributed by atoms with Gasteiger partial charge in [-0.05, 0) is 60.9 Å². The summed E-state index contributed by atoms with van der Waals surface area (Å²) in [5, 5.41) is 13.0. The van der Waals surface area contributed by atoms with Gasteiger partial charge in [0.15, 0.2) is 17.1 Å². The highest BCUT2D eigenvalue weighted by Crippen LogP contribution is 2.31. The third-order valence-corrected chi connectivity index (χ3v) is 8.04. The minimum Gasteiger partial charge on any atom is -0.483 e. The standard InChI is InChI=1S/C31H34ClN5O3S/c1-21(2)23-9-12-26(13-10-23)40-22(3)30-34-35-31(37(30)25-7-5-4-6-8-25)41-20-29(38)33-24-11-14-28(27(32)19-24)36-15-17-39-18-16-36/h4-14,19,21-22H,15-18,20H2,1-3H3,(H,33,38). The minimum atomic E-state index is -0.372. The zero-order valence-electron chi connectivity index (χ0n) is 23.4. The van der Waals surface area contributed by atoms with Gasteiger partial charge in [-0.3, -0.25) is 9.36 Å². The second-order valence-corrected chi connectivity index (χ2v) is 11.4. The monoisotopic (exact) mass is 591 g/mol. The van der Waals surface area contributed by atoms with Gasteiger partial charge in [-0.15, -0.1) is 10.2 Å². The Kier molecular flexibility index (Phi) is 9.49. The predicted octanol–water partition coefficient (Wildman–Crippen LogP) is 6.75. The number of morpholine rings is 1. The highest BCUT2D eigenvalue weighted by molar-refractivity contribution is 7.99. The third kappa shape index (κ3) is 7.22. The van der Waals surface area contributed by atoms with Crippen molar-refractivity contribution in [2.45, 2.75) is 37.9 Å². The number of thioether (sulfide) groups is 1. The first kappa shape index (κ1) is 29.0. The number of carbonyl (C=O) groups excluding carboxylic acids is 1. The molecule has 0 bridgehead atoms. The molecule has 1 atom stereocenters. The van der Waals surface area contributed by atoms with Gasteiger partial charge in [0, 0.05) is 24.5 Å². The maximum atomic E-state index is 12.9. The topological polar surface area (TPSA) is 81.5 Å². The van der Waals surface area contributed by atoms with Crippen LogP contribution in [-0.2, 0) is 9.53 Å². The maximum Gasteiger partial charge on any atom is 0.234 e. The lowest BCUT2D eigenvalue weighted by molar-refractivity contribution is -0.113. The van der Waals surface area contributed by atoms with Crippen molar-refractivity contribution in [3.05, 3.63) is 89.2 Å². The normalized spacial score (nSPS) is 14.2. The van der Waals surface area contributed by atoms with Gasteiger partial charge in [-0.2, -0.15) is 0 Å². The molecule has 1 aliphatic rings. The molecule has 0 saturated carbocycles. The predicted molar refractivity (Wildman–Crippen MR) is 165 cm³/mol. The molecule has 1 aliphatic heterocycles. The van der Waals surface area contributed by atoms with Gasteiger partial charge in [0.2, 0.25) is 5.91 Å². The van der Waals surface area contributed by atoms with Crippen LogP contribution < -0.4 is 15.0 Å². The molecular formula is C31H34ClN5O3S. The van der Waals surface area contributed by atoms with E-state index in [4.69, 9.17) is 21.1 Å². The molecule has 0 spiro atoms. The highest BCUT2D eigenvalue weighted by Gasteiger charge is 2.22. The van der Waals surface area contributed by atoms with Crippen molar-refractivity contribution < 1.29 is 14.3 Å². The van der Waals surface area contributed by atoms with Crippen LogP contribution in [0.3, 0.4) is 0 Å². The number of hydrogen-bond acceptors (Lipinski definition) is 7. The molecule has 1 N–H and O–H groups in total. The lowest BCUT2D eigenvalue weighted by atomic mass is 10.0. The van der Waals surface area contributed by atoms with Crippen molar-refractivity contribution >= 4 is 40.6 Å². The van der Waals surface area contributed by atoms with E-state index >= 15 is 0 Å². The number of amides is 1. The van der Waals surface area contributed by atoms with Crippen molar-refractivity contribution in [1.82, 2.24) is 14.8 Å². The number of aromatic nitrogens is 3. The fourth-order valence-corrected chi connectivity index (χ4v) is 5.68. The van der Waals surface area contributed by atoms with E-state index in [0.29, 0.717) is 40.8 Å². The molecule has 4 aromatic rings. The Balaban J connectivity index is 1.27. The van der Waals surface area contributed by atoms with Crippen LogP contribution in [-0.4, -0.2) is 52.7 Å². The van der Waals surface area contributed by atoms with E-state index in [1.54, 1.807) is 6.07 Å². The van der Waals surface area contributed by atoms with Crippen molar-refractivity contribution in [1.29, 1.82) is 0 Å².